The third-order valence-electron chi connectivity index (χ3n) is 5.12. The van der Waals surface area contributed by atoms with Gasteiger partial charge in [0, 0.05) is 25.8 Å². The van der Waals surface area contributed by atoms with Crippen LogP contribution in [0.1, 0.15) is 42.2 Å². The highest BCUT2D eigenvalue weighted by Crippen LogP contribution is 2.26. The summed E-state index contributed by atoms with van der Waals surface area (Å²) in [5, 5.41) is 18.3. The van der Waals surface area contributed by atoms with Crippen LogP contribution >= 0.6 is 0 Å². The molecular weight excluding hydrogens is 362 g/mol. The number of aliphatic hydroxyl groups is 1. The molecule has 0 saturated heterocycles. The molecule has 29 heavy (non-hydrogen) atoms. The van der Waals surface area contributed by atoms with Crippen LogP contribution in [0.2, 0.25) is 0 Å². The molecule has 3 atom stereocenters. The number of hydrogen-bond acceptors (Lipinski definition) is 4. The number of aryl methyl sites for hydroxylation is 1. The Balaban J connectivity index is 1.55. The van der Waals surface area contributed by atoms with Crippen LogP contribution in [0.15, 0.2) is 79.0 Å². The summed E-state index contributed by atoms with van der Waals surface area (Å²) in [6.07, 6.45) is 7.18. The van der Waals surface area contributed by atoms with Gasteiger partial charge in [-0.1, -0.05) is 85.0 Å². The standard InChI is InChI=1S/C24H29N3O2/c1-19(24(29-2)21-14-7-4-8-15-21)11-9-10-16-27-17-23(25-26-27)22(18-28)20-12-5-3-6-13-20/h3-9,11-15,17,19,22,24,28H,10,16,18H2,1-2H3/b11-9+/t19-,22?,24+/m0/s1. The van der Waals surface area contributed by atoms with Gasteiger partial charge < -0.3 is 9.84 Å². The normalized spacial score (nSPS) is 14.7. The van der Waals surface area contributed by atoms with Crippen molar-refractivity contribution >= 4 is 0 Å². The Morgan fingerprint density at radius 1 is 1.03 bits per heavy atom. The molecule has 0 amide bonds. The maximum Gasteiger partial charge on any atom is 0.0924 e. The number of allylic oxidation sites excluding steroid dienone is 1. The van der Waals surface area contributed by atoms with Gasteiger partial charge in [0.2, 0.25) is 0 Å². The molecule has 5 nitrogen and oxygen atoms in total. The number of rotatable bonds is 10. The van der Waals surface area contributed by atoms with E-state index in [4.69, 9.17) is 4.74 Å². The van der Waals surface area contributed by atoms with E-state index in [1.165, 1.54) is 5.56 Å². The summed E-state index contributed by atoms with van der Waals surface area (Å²) < 4.78 is 7.53. The zero-order chi connectivity index (χ0) is 20.5. The second kappa shape index (κ2) is 10.7. The first kappa shape index (κ1) is 21.0. The number of benzene rings is 2. The van der Waals surface area contributed by atoms with Crippen LogP contribution in [0.25, 0.3) is 0 Å². The summed E-state index contributed by atoms with van der Waals surface area (Å²) in [5.41, 5.74) is 3.02. The molecule has 0 aliphatic carbocycles. The molecular formula is C24H29N3O2. The maximum absolute atomic E-state index is 9.79. The van der Waals surface area contributed by atoms with Crippen molar-refractivity contribution in [1.82, 2.24) is 15.0 Å². The van der Waals surface area contributed by atoms with Crippen LogP contribution < -0.4 is 0 Å². The van der Waals surface area contributed by atoms with E-state index in [9.17, 15) is 5.11 Å². The average molecular weight is 392 g/mol. The van der Waals surface area contributed by atoms with Crippen molar-refractivity contribution in [2.24, 2.45) is 5.92 Å². The molecule has 1 N–H and O–H groups in total. The van der Waals surface area contributed by atoms with Crippen LogP contribution in [0.3, 0.4) is 0 Å². The van der Waals surface area contributed by atoms with Gasteiger partial charge in [0.05, 0.1) is 24.3 Å². The molecule has 5 heteroatoms. The van der Waals surface area contributed by atoms with Crippen molar-refractivity contribution in [2.75, 3.05) is 13.7 Å². The summed E-state index contributed by atoms with van der Waals surface area (Å²) in [5.74, 6) is 0.124. The van der Waals surface area contributed by atoms with Gasteiger partial charge in [-0.2, -0.15) is 0 Å². The van der Waals surface area contributed by atoms with Gasteiger partial charge >= 0.3 is 0 Å². The summed E-state index contributed by atoms with van der Waals surface area (Å²) >= 11 is 0. The second-order valence-electron chi connectivity index (χ2n) is 7.20. The molecule has 0 radical (unpaired) electrons. The van der Waals surface area contributed by atoms with Gasteiger partial charge in [-0.15, -0.1) is 5.10 Å². The Morgan fingerprint density at radius 3 is 2.31 bits per heavy atom. The molecule has 2 aromatic carbocycles. The van der Waals surface area contributed by atoms with Crippen LogP contribution in [-0.2, 0) is 11.3 Å². The fourth-order valence-electron chi connectivity index (χ4n) is 3.55. The zero-order valence-electron chi connectivity index (χ0n) is 17.1. The van der Waals surface area contributed by atoms with Crippen LogP contribution in [0.5, 0.6) is 0 Å². The van der Waals surface area contributed by atoms with Gasteiger partial charge in [-0.25, -0.2) is 0 Å². The highest BCUT2D eigenvalue weighted by molar-refractivity contribution is 5.27. The predicted octanol–water partition coefficient (Wildman–Crippen LogP) is 4.37. The summed E-state index contributed by atoms with van der Waals surface area (Å²) in [6.45, 7) is 2.92. The predicted molar refractivity (Wildman–Crippen MR) is 115 cm³/mol. The topological polar surface area (TPSA) is 60.2 Å². The van der Waals surface area contributed by atoms with Gasteiger partial charge in [-0.3, -0.25) is 4.68 Å². The molecule has 1 heterocycles. The highest BCUT2D eigenvalue weighted by Gasteiger charge is 2.17. The molecule has 0 fully saturated rings. The van der Waals surface area contributed by atoms with E-state index in [1.54, 1.807) is 7.11 Å². The third-order valence-corrected chi connectivity index (χ3v) is 5.12. The van der Waals surface area contributed by atoms with Crippen molar-refractivity contribution in [3.8, 4) is 0 Å². The zero-order valence-corrected chi connectivity index (χ0v) is 17.1. The molecule has 0 aliphatic heterocycles. The molecule has 1 aromatic heterocycles. The molecule has 3 aromatic rings. The minimum absolute atomic E-state index is 0.0119. The lowest BCUT2D eigenvalue weighted by molar-refractivity contribution is 0.0740. The first-order valence-corrected chi connectivity index (χ1v) is 10.0. The van der Waals surface area contributed by atoms with Crippen molar-refractivity contribution < 1.29 is 9.84 Å². The SMILES string of the molecule is CO[C@@H](c1ccccc1)[C@@H](C)/C=C/CCn1cc(C(CO)c2ccccc2)nn1. The fraction of sp³-hybridized carbons (Fsp3) is 0.333. The highest BCUT2D eigenvalue weighted by atomic mass is 16.5. The van der Waals surface area contributed by atoms with Crippen molar-refractivity contribution in [2.45, 2.75) is 31.9 Å². The minimum Gasteiger partial charge on any atom is -0.395 e. The van der Waals surface area contributed by atoms with Crippen LogP contribution in [0.4, 0.5) is 0 Å². The maximum atomic E-state index is 9.79. The Labute approximate surface area is 172 Å². The second-order valence-corrected chi connectivity index (χ2v) is 7.20. The van der Waals surface area contributed by atoms with Crippen LogP contribution in [-0.4, -0.2) is 33.8 Å². The molecule has 1 unspecified atom stereocenters. The average Bonchev–Trinajstić information content (AvgIpc) is 3.22. The monoisotopic (exact) mass is 391 g/mol. The molecule has 0 bridgehead atoms. The van der Waals surface area contributed by atoms with Crippen molar-refractivity contribution in [1.29, 1.82) is 0 Å². The number of hydrogen-bond donors (Lipinski definition) is 1. The van der Waals surface area contributed by atoms with E-state index < -0.39 is 0 Å². The van der Waals surface area contributed by atoms with Crippen molar-refractivity contribution in [3.05, 3.63) is 95.8 Å². The number of aromatic nitrogens is 3. The van der Waals surface area contributed by atoms with E-state index in [0.29, 0.717) is 0 Å². The smallest absolute Gasteiger partial charge is 0.0924 e. The molecule has 0 aliphatic rings. The lowest BCUT2D eigenvalue weighted by Crippen LogP contribution is -2.10. The molecule has 152 valence electrons. The number of aliphatic hydroxyl groups excluding tert-OH is 1. The number of nitrogens with zero attached hydrogens (tertiary/aromatic N) is 3. The summed E-state index contributed by atoms with van der Waals surface area (Å²) in [7, 11) is 1.75. The lowest BCUT2D eigenvalue weighted by atomic mass is 9.96. The van der Waals surface area contributed by atoms with E-state index in [0.717, 1.165) is 24.2 Å². The fourth-order valence-corrected chi connectivity index (χ4v) is 3.55. The minimum atomic E-state index is -0.145. The molecule has 0 spiro atoms. The van der Waals surface area contributed by atoms with E-state index in [2.05, 4.69) is 41.5 Å². The van der Waals surface area contributed by atoms with Gasteiger partial charge in [0.1, 0.15) is 0 Å². The van der Waals surface area contributed by atoms with Gasteiger partial charge in [0.25, 0.3) is 0 Å². The Morgan fingerprint density at radius 2 is 1.69 bits per heavy atom. The van der Waals surface area contributed by atoms with Gasteiger partial charge in [-0.05, 0) is 17.5 Å². The lowest BCUT2D eigenvalue weighted by Gasteiger charge is -2.20. The molecule has 0 saturated carbocycles. The quantitative estimate of drug-likeness (QED) is 0.521. The molecule has 3 rings (SSSR count). The number of methoxy groups -OCH3 is 1. The van der Waals surface area contributed by atoms with E-state index in [-0.39, 0.29) is 24.5 Å². The summed E-state index contributed by atoms with van der Waals surface area (Å²) in [4.78, 5) is 0. The first-order chi connectivity index (χ1) is 14.2. The van der Waals surface area contributed by atoms with Gasteiger partial charge in [0.15, 0.2) is 0 Å². The van der Waals surface area contributed by atoms with E-state index in [1.807, 2.05) is 59.4 Å². The largest absolute Gasteiger partial charge is 0.395 e. The third kappa shape index (κ3) is 5.62. The summed E-state index contributed by atoms with van der Waals surface area (Å²) in [6, 6.07) is 20.2. The Bertz CT molecular complexity index is 877. The van der Waals surface area contributed by atoms with Crippen LogP contribution in [0, 0.1) is 5.92 Å². The van der Waals surface area contributed by atoms with Crippen molar-refractivity contribution in [3.63, 3.8) is 0 Å². The Kier molecular flexibility index (Phi) is 7.73. The Hall–Kier alpha value is -2.76. The van der Waals surface area contributed by atoms with E-state index >= 15 is 0 Å². The number of ether oxygens (including phenoxy) is 1. The first-order valence-electron chi connectivity index (χ1n) is 10.0.